The first-order valence-electron chi connectivity index (χ1n) is 15.1. The fraction of sp³-hybridized carbons (Fsp3) is 0.812. The first kappa shape index (κ1) is 34.9. The van der Waals surface area contributed by atoms with Crippen LogP contribution in [-0.2, 0) is 26.8 Å². The van der Waals surface area contributed by atoms with E-state index in [1.165, 1.54) is 44.2 Å². The van der Waals surface area contributed by atoms with Crippen LogP contribution in [0, 0.1) is 5.92 Å². The van der Waals surface area contributed by atoms with E-state index in [0.717, 1.165) is 56.6 Å². The predicted molar refractivity (Wildman–Crippen MR) is 151 cm³/mol. The van der Waals surface area contributed by atoms with E-state index in [0.29, 0.717) is 6.42 Å². The van der Waals surface area contributed by atoms with Gasteiger partial charge in [0.1, 0.15) is 0 Å². The van der Waals surface area contributed by atoms with Crippen LogP contribution in [0.3, 0.4) is 0 Å². The smallest absolute Gasteiger partial charge is 0.324 e. The number of halogens is 3. The molecular weight excluding hydrogens is 489 g/mol. The maximum Gasteiger partial charge on any atom is 0.416 e. The summed E-state index contributed by atoms with van der Waals surface area (Å²) in [4.78, 5) is 0. The molecule has 1 unspecified atom stereocenters. The molecule has 0 aromatic heterocycles. The molecule has 1 aromatic carbocycles. The van der Waals surface area contributed by atoms with Gasteiger partial charge in [-0.25, -0.2) is 0 Å². The quantitative estimate of drug-likeness (QED) is 0.114. The van der Waals surface area contributed by atoms with E-state index in [-0.39, 0.29) is 24.2 Å². The van der Waals surface area contributed by atoms with Gasteiger partial charge in [-0.1, -0.05) is 82.9 Å². The zero-order chi connectivity index (χ0) is 28.6. The summed E-state index contributed by atoms with van der Waals surface area (Å²) in [5, 5.41) is 0. The highest BCUT2D eigenvalue weighted by Gasteiger charge is 2.44. The Morgan fingerprint density at radius 3 is 1.61 bits per heavy atom. The molecule has 0 radical (unpaired) electrons. The van der Waals surface area contributed by atoms with Crippen molar-refractivity contribution in [1.29, 1.82) is 0 Å². The Hall–Kier alpha value is -1.11. The molecule has 0 aliphatic carbocycles. The molecule has 0 aliphatic heterocycles. The lowest BCUT2D eigenvalue weighted by atomic mass is 9.91. The number of ether oxygens (including phenoxy) is 3. The van der Waals surface area contributed by atoms with Crippen molar-refractivity contribution in [1.82, 2.24) is 0 Å². The second-order valence-corrected chi connectivity index (χ2v) is 11.5. The molecule has 0 saturated carbocycles. The van der Waals surface area contributed by atoms with Crippen molar-refractivity contribution in [2.45, 2.75) is 162 Å². The summed E-state index contributed by atoms with van der Waals surface area (Å²) < 4.78 is 58.4. The van der Waals surface area contributed by atoms with Crippen molar-refractivity contribution in [2.24, 2.45) is 5.92 Å². The van der Waals surface area contributed by atoms with E-state index in [1.807, 2.05) is 41.5 Å². The van der Waals surface area contributed by atoms with Gasteiger partial charge in [-0.2, -0.15) is 13.2 Å². The highest BCUT2D eigenvalue weighted by atomic mass is 19.4. The van der Waals surface area contributed by atoms with Crippen LogP contribution in [0.2, 0.25) is 0 Å². The van der Waals surface area contributed by atoms with Gasteiger partial charge in [0.25, 0.3) is 5.97 Å². The lowest BCUT2D eigenvalue weighted by Crippen LogP contribution is -2.50. The van der Waals surface area contributed by atoms with Crippen LogP contribution in [0.25, 0.3) is 0 Å². The van der Waals surface area contributed by atoms with Gasteiger partial charge in [-0.15, -0.1) is 0 Å². The Morgan fingerprint density at radius 2 is 1.13 bits per heavy atom. The summed E-state index contributed by atoms with van der Waals surface area (Å²) in [5.74, 6) is -0.956. The average molecular weight is 545 g/mol. The van der Waals surface area contributed by atoms with Crippen LogP contribution < -0.4 is 0 Å². The second kappa shape index (κ2) is 18.3. The molecule has 1 aromatic rings. The highest BCUT2D eigenvalue weighted by molar-refractivity contribution is 5.25. The van der Waals surface area contributed by atoms with Crippen molar-refractivity contribution in [3.8, 4) is 0 Å². The third kappa shape index (κ3) is 14.3. The second-order valence-electron chi connectivity index (χ2n) is 11.5. The van der Waals surface area contributed by atoms with Crippen LogP contribution in [-0.4, -0.2) is 24.3 Å². The minimum Gasteiger partial charge on any atom is -0.324 e. The number of alkyl halides is 3. The number of rotatable bonds is 21. The van der Waals surface area contributed by atoms with Crippen molar-refractivity contribution < 1.29 is 27.4 Å². The summed E-state index contributed by atoms with van der Waals surface area (Å²) in [5.41, 5.74) is 0.185. The Labute approximate surface area is 231 Å². The fourth-order valence-corrected chi connectivity index (χ4v) is 5.00. The van der Waals surface area contributed by atoms with Crippen LogP contribution >= 0.6 is 0 Å². The van der Waals surface area contributed by atoms with Crippen molar-refractivity contribution in [3.05, 3.63) is 35.4 Å². The summed E-state index contributed by atoms with van der Waals surface area (Å²) in [6.07, 6.45) is 9.47. The molecule has 0 heterocycles. The Morgan fingerprint density at radius 1 is 0.658 bits per heavy atom. The minimum absolute atomic E-state index is 0.0352. The maximum atomic E-state index is 13.0. The number of unbranched alkanes of at least 4 members (excludes halogenated alkanes) is 8. The average Bonchev–Trinajstić information content (AvgIpc) is 2.80. The lowest BCUT2D eigenvalue weighted by Gasteiger charge is -2.43. The van der Waals surface area contributed by atoms with E-state index in [2.05, 4.69) is 6.92 Å². The van der Waals surface area contributed by atoms with Crippen LogP contribution in [0.15, 0.2) is 24.3 Å². The number of hydrogen-bond acceptors (Lipinski definition) is 3. The number of aryl methyl sites for hydroxylation is 1. The molecule has 3 nitrogen and oxygen atoms in total. The van der Waals surface area contributed by atoms with E-state index < -0.39 is 17.7 Å². The molecule has 222 valence electrons. The Bertz CT molecular complexity index is 704. The maximum absolute atomic E-state index is 13.0. The number of hydrogen-bond donors (Lipinski definition) is 0. The van der Waals surface area contributed by atoms with E-state index in [9.17, 15) is 13.2 Å². The van der Waals surface area contributed by atoms with Gasteiger partial charge in [0.05, 0.1) is 23.9 Å². The minimum atomic E-state index is -4.29. The van der Waals surface area contributed by atoms with Crippen molar-refractivity contribution >= 4 is 0 Å². The Balaban J connectivity index is 2.79. The highest BCUT2D eigenvalue weighted by Crippen LogP contribution is 2.37. The van der Waals surface area contributed by atoms with Crippen LogP contribution in [0.1, 0.15) is 137 Å². The first-order chi connectivity index (χ1) is 17.9. The van der Waals surface area contributed by atoms with Crippen LogP contribution in [0.5, 0.6) is 0 Å². The van der Waals surface area contributed by atoms with Gasteiger partial charge < -0.3 is 14.2 Å². The first-order valence-corrected chi connectivity index (χ1v) is 15.1. The normalized spacial score (nSPS) is 13.7. The number of benzene rings is 1. The van der Waals surface area contributed by atoms with Gasteiger partial charge >= 0.3 is 6.18 Å². The molecule has 1 rings (SSSR count). The molecule has 0 bridgehead atoms. The molecule has 38 heavy (non-hydrogen) atoms. The topological polar surface area (TPSA) is 27.7 Å². The van der Waals surface area contributed by atoms with Gasteiger partial charge in [-0.3, -0.25) is 0 Å². The molecule has 0 aliphatic rings. The SMILES string of the molecule is CCCCCCCCC(CCCCCCc1cccc(C(F)(F)F)c1)C(OC(C)C)(OC(C)C)OC(C)C. The largest absolute Gasteiger partial charge is 0.416 e. The lowest BCUT2D eigenvalue weighted by molar-refractivity contribution is -0.433. The molecule has 0 spiro atoms. The molecule has 6 heteroatoms. The molecule has 0 N–H and O–H groups in total. The van der Waals surface area contributed by atoms with Gasteiger partial charge in [0.2, 0.25) is 0 Å². The van der Waals surface area contributed by atoms with E-state index in [4.69, 9.17) is 14.2 Å². The van der Waals surface area contributed by atoms with Crippen molar-refractivity contribution in [3.63, 3.8) is 0 Å². The molecule has 0 amide bonds. The molecule has 0 fully saturated rings. The van der Waals surface area contributed by atoms with Crippen molar-refractivity contribution in [2.75, 3.05) is 0 Å². The summed E-state index contributed by atoms with van der Waals surface area (Å²) in [6, 6.07) is 5.71. The van der Waals surface area contributed by atoms with E-state index >= 15 is 0 Å². The van der Waals surface area contributed by atoms with Gasteiger partial charge in [0, 0.05) is 5.92 Å². The molecule has 1 atom stereocenters. The standard InChI is InChI=1S/C32H55F3O3/c1-8-9-10-11-12-16-21-29(32(36-25(2)3,37-26(4)5)38-27(6)7)22-17-14-13-15-19-28-20-18-23-30(24-28)31(33,34)35/h18,20,23-27,29H,8-17,19,21-22H2,1-7H3. The molecular formula is C32H55F3O3. The third-order valence-corrected chi connectivity index (χ3v) is 6.63. The fourth-order valence-electron chi connectivity index (χ4n) is 5.00. The zero-order valence-corrected chi connectivity index (χ0v) is 25.2. The zero-order valence-electron chi connectivity index (χ0n) is 25.2. The summed E-state index contributed by atoms with van der Waals surface area (Å²) in [6.45, 7) is 14.4. The third-order valence-electron chi connectivity index (χ3n) is 6.63. The molecule has 0 saturated heterocycles. The summed E-state index contributed by atoms with van der Waals surface area (Å²) in [7, 11) is 0. The predicted octanol–water partition coefficient (Wildman–Crippen LogP) is 10.5. The monoisotopic (exact) mass is 544 g/mol. The van der Waals surface area contributed by atoms with Crippen LogP contribution in [0.4, 0.5) is 13.2 Å². The summed E-state index contributed by atoms with van der Waals surface area (Å²) >= 11 is 0. The van der Waals surface area contributed by atoms with E-state index in [1.54, 1.807) is 6.07 Å². The Kier molecular flexibility index (Phi) is 16.8. The van der Waals surface area contributed by atoms with Gasteiger partial charge in [0.15, 0.2) is 0 Å². The van der Waals surface area contributed by atoms with Gasteiger partial charge in [-0.05, 0) is 78.9 Å².